The van der Waals surface area contributed by atoms with Crippen LogP contribution in [0.2, 0.25) is 0 Å². The van der Waals surface area contributed by atoms with Crippen molar-refractivity contribution in [2.45, 2.75) is 38.8 Å². The first-order chi connectivity index (χ1) is 13.2. The third-order valence-corrected chi connectivity index (χ3v) is 6.23. The van der Waals surface area contributed by atoms with Crippen LogP contribution in [0.3, 0.4) is 0 Å². The topological polar surface area (TPSA) is 76.4 Å². The predicted octanol–water partition coefficient (Wildman–Crippen LogP) is 0.942. The molecule has 0 aromatic carbocycles. The molecule has 2 aromatic heterocycles. The molecule has 27 heavy (non-hydrogen) atoms. The van der Waals surface area contributed by atoms with Gasteiger partial charge < -0.3 is 9.64 Å². The van der Waals surface area contributed by atoms with Crippen LogP contribution in [0.15, 0.2) is 10.9 Å². The maximum Gasteiger partial charge on any atom is 0.267 e. The number of nitrogens with zero attached hydrogens (tertiary/aromatic N) is 6. The van der Waals surface area contributed by atoms with Gasteiger partial charge in [0.25, 0.3) is 5.56 Å². The maximum atomic E-state index is 12.3. The Morgan fingerprint density at radius 1 is 1.11 bits per heavy atom. The molecule has 0 spiro atoms. The van der Waals surface area contributed by atoms with Crippen LogP contribution < -0.4 is 10.5 Å². The maximum absolute atomic E-state index is 12.3. The number of piperazine rings is 1. The van der Waals surface area contributed by atoms with Gasteiger partial charge in [-0.3, -0.25) is 9.69 Å². The second-order valence-electron chi connectivity index (χ2n) is 7.12. The van der Waals surface area contributed by atoms with E-state index >= 15 is 0 Å². The van der Waals surface area contributed by atoms with E-state index in [1.807, 2.05) is 0 Å². The summed E-state index contributed by atoms with van der Waals surface area (Å²) < 4.78 is 6.76. The molecule has 3 heterocycles. The van der Waals surface area contributed by atoms with E-state index in [0.29, 0.717) is 13.2 Å². The molecule has 0 bridgehead atoms. The van der Waals surface area contributed by atoms with Gasteiger partial charge in [0.2, 0.25) is 5.13 Å². The lowest BCUT2D eigenvalue weighted by Gasteiger charge is -2.34. The van der Waals surface area contributed by atoms with Crippen molar-refractivity contribution in [3.05, 3.63) is 32.7 Å². The summed E-state index contributed by atoms with van der Waals surface area (Å²) in [7, 11) is 1.67. The molecule has 0 unspecified atom stereocenters. The van der Waals surface area contributed by atoms with Crippen molar-refractivity contribution in [3.8, 4) is 0 Å². The van der Waals surface area contributed by atoms with Crippen LogP contribution in [0.5, 0.6) is 0 Å². The Balaban J connectivity index is 1.30. The molecule has 1 saturated heterocycles. The molecule has 1 fully saturated rings. The number of fused-ring (bicyclic) bond motifs is 1. The number of hydrogen-bond acceptors (Lipinski definition) is 8. The fourth-order valence-electron chi connectivity index (χ4n) is 3.71. The number of anilines is 1. The fraction of sp³-hybridized carbons (Fsp3) is 0.667. The average Bonchev–Trinajstić information content (AvgIpc) is 3.16. The Bertz CT molecular complexity index is 827. The Labute approximate surface area is 162 Å². The summed E-state index contributed by atoms with van der Waals surface area (Å²) in [5.41, 5.74) is 2.31. The minimum atomic E-state index is 0.0359. The second-order valence-corrected chi connectivity index (χ2v) is 8.17. The summed E-state index contributed by atoms with van der Waals surface area (Å²) in [4.78, 5) is 17.0. The highest BCUT2D eigenvalue weighted by Gasteiger charge is 2.20. The molecule has 2 aromatic rings. The first-order valence-corrected chi connectivity index (χ1v) is 10.4. The smallest absolute Gasteiger partial charge is 0.267 e. The molecule has 0 amide bonds. The Kier molecular flexibility index (Phi) is 5.80. The van der Waals surface area contributed by atoms with Crippen molar-refractivity contribution >= 4 is 16.5 Å². The summed E-state index contributed by atoms with van der Waals surface area (Å²) in [5, 5.41) is 14.9. The minimum Gasteiger partial charge on any atom is -0.377 e. The summed E-state index contributed by atoms with van der Waals surface area (Å²) in [6.07, 6.45) is 4.35. The number of aromatic nitrogens is 4. The fourth-order valence-corrected chi connectivity index (χ4v) is 4.58. The van der Waals surface area contributed by atoms with E-state index < -0.39 is 0 Å². The van der Waals surface area contributed by atoms with Gasteiger partial charge in [0.1, 0.15) is 11.6 Å². The van der Waals surface area contributed by atoms with E-state index in [1.54, 1.807) is 29.2 Å². The zero-order chi connectivity index (χ0) is 18.6. The van der Waals surface area contributed by atoms with Crippen LogP contribution in [0.1, 0.15) is 29.1 Å². The Morgan fingerprint density at radius 2 is 1.93 bits per heavy atom. The molecule has 0 N–H and O–H groups in total. The van der Waals surface area contributed by atoms with Gasteiger partial charge in [-0.25, -0.2) is 4.68 Å². The van der Waals surface area contributed by atoms with E-state index in [-0.39, 0.29) is 5.56 Å². The van der Waals surface area contributed by atoms with E-state index in [4.69, 9.17) is 4.74 Å². The van der Waals surface area contributed by atoms with Gasteiger partial charge in [-0.15, -0.1) is 10.2 Å². The van der Waals surface area contributed by atoms with E-state index in [2.05, 4.69) is 25.1 Å². The van der Waals surface area contributed by atoms with Crippen LogP contribution in [0.25, 0.3) is 0 Å². The third-order valence-electron chi connectivity index (χ3n) is 5.27. The zero-order valence-electron chi connectivity index (χ0n) is 15.8. The first-order valence-electron chi connectivity index (χ1n) is 9.61. The average molecular weight is 391 g/mol. The lowest BCUT2D eigenvalue weighted by atomic mass is 9.97. The van der Waals surface area contributed by atoms with Gasteiger partial charge in [-0.1, -0.05) is 11.3 Å². The molecule has 8 nitrogen and oxygen atoms in total. The molecule has 0 atom stereocenters. The molecular formula is C18H26N6O2S. The lowest BCUT2D eigenvalue weighted by Crippen LogP contribution is -2.47. The van der Waals surface area contributed by atoms with Gasteiger partial charge in [-0.05, 0) is 31.2 Å². The number of aryl methyl sites for hydroxylation is 2. The van der Waals surface area contributed by atoms with Crippen LogP contribution in [-0.4, -0.2) is 64.7 Å². The monoisotopic (exact) mass is 390 g/mol. The van der Waals surface area contributed by atoms with Crippen LogP contribution in [0.4, 0.5) is 5.13 Å². The standard InChI is InChI=1S/C18H26N6O2S/c1-26-13-16-19-20-18(27-16)23-9-6-22(7-10-23)8-11-24-17(25)12-14-4-2-3-5-15(14)21-24/h12H,2-11,13H2,1H3. The van der Waals surface area contributed by atoms with Crippen molar-refractivity contribution in [2.75, 3.05) is 44.7 Å². The summed E-state index contributed by atoms with van der Waals surface area (Å²) in [6.45, 7) is 5.79. The normalized spacial score (nSPS) is 17.9. The van der Waals surface area contributed by atoms with Crippen molar-refractivity contribution in [2.24, 2.45) is 0 Å². The SMILES string of the molecule is COCc1nnc(N2CCN(CCn3nc4c(cc3=O)CCCC4)CC2)s1. The van der Waals surface area contributed by atoms with Crippen molar-refractivity contribution in [1.82, 2.24) is 24.9 Å². The number of ether oxygens (including phenoxy) is 1. The summed E-state index contributed by atoms with van der Waals surface area (Å²) in [6, 6.07) is 1.80. The quantitative estimate of drug-likeness (QED) is 0.727. The van der Waals surface area contributed by atoms with Gasteiger partial charge in [0.15, 0.2) is 0 Å². The van der Waals surface area contributed by atoms with E-state index in [0.717, 1.165) is 67.0 Å². The third kappa shape index (κ3) is 4.36. The molecule has 0 radical (unpaired) electrons. The Morgan fingerprint density at radius 3 is 2.74 bits per heavy atom. The number of rotatable bonds is 6. The first kappa shape index (κ1) is 18.5. The van der Waals surface area contributed by atoms with Crippen molar-refractivity contribution in [1.29, 1.82) is 0 Å². The number of methoxy groups -OCH3 is 1. The predicted molar refractivity (Wildman–Crippen MR) is 104 cm³/mol. The van der Waals surface area contributed by atoms with Gasteiger partial charge >= 0.3 is 0 Å². The van der Waals surface area contributed by atoms with Crippen LogP contribution in [0, 0.1) is 0 Å². The molecular weight excluding hydrogens is 364 g/mol. The molecule has 2 aliphatic rings. The van der Waals surface area contributed by atoms with Crippen molar-refractivity contribution < 1.29 is 4.74 Å². The minimum absolute atomic E-state index is 0.0359. The van der Waals surface area contributed by atoms with Crippen molar-refractivity contribution in [3.63, 3.8) is 0 Å². The molecule has 0 saturated carbocycles. The van der Waals surface area contributed by atoms with E-state index in [1.165, 1.54) is 12.8 Å². The molecule has 146 valence electrons. The summed E-state index contributed by atoms with van der Waals surface area (Å²) >= 11 is 1.60. The molecule has 9 heteroatoms. The van der Waals surface area contributed by atoms with Gasteiger partial charge in [-0.2, -0.15) is 5.10 Å². The van der Waals surface area contributed by atoms with E-state index in [9.17, 15) is 4.79 Å². The molecule has 1 aliphatic carbocycles. The highest BCUT2D eigenvalue weighted by Crippen LogP contribution is 2.22. The Hall–Kier alpha value is -1.84. The number of hydrogen-bond donors (Lipinski definition) is 0. The molecule has 4 rings (SSSR count). The van der Waals surface area contributed by atoms with Gasteiger partial charge in [0.05, 0.1) is 12.2 Å². The zero-order valence-corrected chi connectivity index (χ0v) is 16.6. The lowest BCUT2D eigenvalue weighted by molar-refractivity contribution is 0.184. The highest BCUT2D eigenvalue weighted by molar-refractivity contribution is 7.15. The van der Waals surface area contributed by atoms with Crippen LogP contribution in [-0.2, 0) is 30.7 Å². The molecule has 1 aliphatic heterocycles. The van der Waals surface area contributed by atoms with Crippen LogP contribution >= 0.6 is 11.3 Å². The van der Waals surface area contributed by atoms with Gasteiger partial charge in [0, 0.05) is 45.9 Å². The largest absolute Gasteiger partial charge is 0.377 e. The highest BCUT2D eigenvalue weighted by atomic mass is 32.1. The second kappa shape index (κ2) is 8.45. The summed E-state index contributed by atoms with van der Waals surface area (Å²) in [5.74, 6) is 0.